The van der Waals surface area contributed by atoms with Crippen molar-refractivity contribution in [3.8, 4) is 45.7 Å². The maximum atomic E-state index is 13.3. The summed E-state index contributed by atoms with van der Waals surface area (Å²) in [5.74, 6) is 6.41. The number of halogens is 1. The van der Waals surface area contributed by atoms with Gasteiger partial charge in [-0.05, 0) is 186 Å². The minimum Gasteiger partial charge on any atom is -0.490 e. The van der Waals surface area contributed by atoms with E-state index >= 15 is 0 Å². The standard InChI is InChI=1S/C30H33N7O.C29H29FN10.C28H32N8/c1-19-11-23(13-24-12-20(2)34-35-24)33-30(32-19)22-5-10-29(31-15-22)36-17-25-14-26(18-36)37(25)16-21-3-6-27(7-4-21)38-28-8-9-28;1-19-7-24(8-21-11-33-37(2)14-21)36-29(35-19)22-4-6-27(32-12-22)38-17-25-9-26(18-38)39(25)15-20-3-5-28(31-10-20)40-16-23(30)13-34-40;1-4-22-7-5-20(13-29-22)15-36-25-12-26(36)17-35(16-25)27-8-6-21(14-30-27)28-31-18(2)9-23(32-28)11-24-10-19(3)33-34-24/h3-7,10-12,15,25-26,28H,8-9,13-14,16-18H2,1-2H3,(H,34,35);3-7,10-14,16,25-26H,8-9,15,17-18H2,1-2H3;5-10,13-14,25-26H,4,11-12,15-17H2,1-3H3,(H,33,34). The Morgan fingerprint density at radius 3 is 1.20 bits per heavy atom. The molecule has 580 valence electrons. The number of anilines is 3. The van der Waals surface area contributed by atoms with Gasteiger partial charge >= 0.3 is 0 Å². The topological polar surface area (TPSA) is 263 Å². The summed E-state index contributed by atoms with van der Waals surface area (Å²) in [6, 6.07) is 43.0. The van der Waals surface area contributed by atoms with Crippen LogP contribution in [0.2, 0.25) is 0 Å². The molecular formula is C87H94FN25O. The zero-order valence-electron chi connectivity index (χ0n) is 65.5. The quantitative estimate of drug-likeness (QED) is 0.0638. The largest absolute Gasteiger partial charge is 0.490 e. The predicted octanol–water partition coefficient (Wildman–Crippen LogP) is 11.7. The van der Waals surface area contributed by atoms with E-state index in [1.54, 1.807) is 4.68 Å². The molecule has 26 nitrogen and oxygen atoms in total. The highest BCUT2D eigenvalue weighted by molar-refractivity contribution is 5.60. The van der Waals surface area contributed by atoms with Crippen molar-refractivity contribution in [1.82, 2.24) is 109 Å². The van der Waals surface area contributed by atoms with Crippen molar-refractivity contribution >= 4 is 17.5 Å². The summed E-state index contributed by atoms with van der Waals surface area (Å²) in [5.41, 5.74) is 18.7. The number of piperidine rings is 3. The lowest BCUT2D eigenvalue weighted by atomic mass is 9.86. The normalized spacial score (nSPS) is 19.6. The summed E-state index contributed by atoms with van der Waals surface area (Å²) in [5, 5.41) is 22.9. The maximum absolute atomic E-state index is 13.3. The van der Waals surface area contributed by atoms with Crippen LogP contribution >= 0.6 is 0 Å². The second-order valence-electron chi connectivity index (χ2n) is 31.8. The minimum atomic E-state index is -0.373. The summed E-state index contributed by atoms with van der Waals surface area (Å²) in [6.45, 7) is 20.9. The average Bonchev–Trinajstić information content (AvgIpc) is 1.03. The Hall–Kier alpha value is -11.9. The van der Waals surface area contributed by atoms with Crippen molar-refractivity contribution in [3.63, 3.8) is 0 Å². The third kappa shape index (κ3) is 16.9. The third-order valence-corrected chi connectivity index (χ3v) is 22.8. The molecule has 10 aliphatic rings. The maximum Gasteiger partial charge on any atom is 0.161 e. The van der Waals surface area contributed by atoms with Gasteiger partial charge < -0.3 is 19.4 Å². The van der Waals surface area contributed by atoms with Crippen molar-refractivity contribution < 1.29 is 9.13 Å². The van der Waals surface area contributed by atoms with Crippen LogP contribution in [0.4, 0.5) is 21.8 Å². The van der Waals surface area contributed by atoms with Crippen molar-refractivity contribution in [3.05, 3.63) is 262 Å². The number of nitrogens with one attached hydrogen (secondary N) is 2. The first-order chi connectivity index (χ1) is 55.5. The first-order valence-electron chi connectivity index (χ1n) is 39.9. The molecule has 9 saturated heterocycles. The highest BCUT2D eigenvalue weighted by atomic mass is 19.1. The molecule has 0 amide bonds. The van der Waals surface area contributed by atoms with Crippen LogP contribution in [0.1, 0.15) is 124 Å². The summed E-state index contributed by atoms with van der Waals surface area (Å²) < 4.78 is 22.4. The van der Waals surface area contributed by atoms with Gasteiger partial charge in [0.05, 0.1) is 47.5 Å². The minimum absolute atomic E-state index is 0.373. The Bertz CT molecular complexity index is 5460. The van der Waals surface area contributed by atoms with Crippen molar-refractivity contribution in [2.75, 3.05) is 54.0 Å². The molecule has 6 atom stereocenters. The number of benzene rings is 1. The lowest BCUT2D eigenvalue weighted by molar-refractivity contribution is -0.00878. The smallest absolute Gasteiger partial charge is 0.161 e. The van der Waals surface area contributed by atoms with Gasteiger partial charge in [-0.2, -0.15) is 20.4 Å². The van der Waals surface area contributed by atoms with E-state index < -0.39 is 0 Å². The van der Waals surface area contributed by atoms with Gasteiger partial charge in [0, 0.05) is 215 Å². The van der Waals surface area contributed by atoms with E-state index in [1.807, 2.05) is 115 Å². The van der Waals surface area contributed by atoms with E-state index in [0.29, 0.717) is 84.9 Å². The number of fused-ring (bicyclic) bond motifs is 6. The van der Waals surface area contributed by atoms with Crippen LogP contribution in [0.25, 0.3) is 40.0 Å². The fraction of sp³-hybridized carbons (Fsp3) is 0.368. The number of H-pyrrole nitrogens is 2. The number of aromatic nitrogens is 19. The Morgan fingerprint density at radius 2 is 0.833 bits per heavy atom. The molecule has 27 heteroatoms. The third-order valence-electron chi connectivity index (χ3n) is 22.8. The average molecular weight is 1520 g/mol. The second kappa shape index (κ2) is 31.9. The first-order valence-corrected chi connectivity index (χ1v) is 39.9. The predicted molar refractivity (Wildman–Crippen MR) is 433 cm³/mol. The lowest BCUT2D eigenvalue weighted by Crippen LogP contribution is -2.68. The summed E-state index contributed by atoms with van der Waals surface area (Å²) in [6.07, 6.45) is 25.6. The summed E-state index contributed by atoms with van der Waals surface area (Å²) >= 11 is 0. The molecule has 23 rings (SSSR count). The summed E-state index contributed by atoms with van der Waals surface area (Å²) in [4.78, 5) is 66.9. The van der Waals surface area contributed by atoms with Crippen LogP contribution in [0.3, 0.4) is 0 Å². The van der Waals surface area contributed by atoms with E-state index in [-0.39, 0.29) is 5.82 Å². The van der Waals surface area contributed by atoms with E-state index in [4.69, 9.17) is 34.6 Å². The number of pyridine rings is 5. The van der Waals surface area contributed by atoms with Gasteiger partial charge in [-0.15, -0.1) is 0 Å². The zero-order chi connectivity index (χ0) is 77.5. The van der Waals surface area contributed by atoms with Crippen LogP contribution in [-0.4, -0.2) is 191 Å². The fourth-order valence-electron chi connectivity index (χ4n) is 16.9. The molecule has 114 heavy (non-hydrogen) atoms. The number of hydrogen-bond acceptors (Lipinski definition) is 22. The number of aryl methyl sites for hydroxylation is 7. The van der Waals surface area contributed by atoms with Crippen LogP contribution < -0.4 is 19.4 Å². The molecule has 9 aliphatic heterocycles. The number of ether oxygens (including phenoxy) is 1. The van der Waals surface area contributed by atoms with E-state index in [0.717, 1.165) is 179 Å². The lowest BCUT2D eigenvalue weighted by Gasteiger charge is -2.56. The van der Waals surface area contributed by atoms with Crippen molar-refractivity contribution in [2.45, 2.75) is 161 Å². The van der Waals surface area contributed by atoms with Gasteiger partial charge in [0.2, 0.25) is 0 Å². The van der Waals surface area contributed by atoms with Gasteiger partial charge in [0.1, 0.15) is 23.2 Å². The van der Waals surface area contributed by atoms with Crippen LogP contribution in [0.15, 0.2) is 171 Å². The van der Waals surface area contributed by atoms with Gasteiger partial charge in [-0.25, -0.2) is 58.9 Å². The number of aromatic amines is 2. The van der Waals surface area contributed by atoms with E-state index in [9.17, 15) is 4.39 Å². The molecule has 21 heterocycles. The highest BCUT2D eigenvalue weighted by Gasteiger charge is 2.47. The molecular weight excluding hydrogens is 1430 g/mol. The highest BCUT2D eigenvalue weighted by Crippen LogP contribution is 2.40. The van der Waals surface area contributed by atoms with Gasteiger partial charge in [-0.3, -0.25) is 34.6 Å². The van der Waals surface area contributed by atoms with Crippen LogP contribution in [-0.2, 0) is 52.4 Å². The molecule has 0 spiro atoms. The molecule has 12 aromatic heterocycles. The Morgan fingerprint density at radius 1 is 0.404 bits per heavy atom. The number of nitrogens with zero attached hydrogens (tertiary/aromatic N) is 23. The van der Waals surface area contributed by atoms with Gasteiger partial charge in [0.25, 0.3) is 0 Å². The Kier molecular flexibility index (Phi) is 20.6. The van der Waals surface area contributed by atoms with E-state index in [1.165, 1.54) is 60.3 Å². The number of hydrogen-bond donors (Lipinski definition) is 2. The molecule has 6 unspecified atom stereocenters. The zero-order valence-corrected chi connectivity index (χ0v) is 65.5. The Labute approximate surface area is 662 Å². The second-order valence-corrected chi connectivity index (χ2v) is 31.8. The monoisotopic (exact) mass is 1520 g/mol. The molecule has 1 aliphatic carbocycles. The summed E-state index contributed by atoms with van der Waals surface area (Å²) in [7, 11) is 1.92. The Balaban J connectivity index is 0.000000119. The first kappa shape index (κ1) is 73.5. The molecule has 6 bridgehead atoms. The van der Waals surface area contributed by atoms with Crippen molar-refractivity contribution in [2.24, 2.45) is 7.05 Å². The van der Waals surface area contributed by atoms with Gasteiger partial charge in [0.15, 0.2) is 29.1 Å². The molecule has 1 aromatic carbocycles. The van der Waals surface area contributed by atoms with Crippen LogP contribution in [0, 0.1) is 40.4 Å². The fourth-order valence-corrected chi connectivity index (χ4v) is 16.9. The number of piperazine rings is 3. The molecule has 0 radical (unpaired) electrons. The van der Waals surface area contributed by atoms with E-state index in [2.05, 4.69) is 177 Å². The molecule has 2 N–H and O–H groups in total. The number of rotatable bonds is 22. The SMILES string of the molecule is CCc1ccc(CN2C3CC2CN(c2ccc(-c4nc(C)cc(Cc5cc(C)[nH]n5)n4)cn2)C3)cn1.Cc1cc(Cc2cc(C)[nH]n2)nc(-c2ccc(N3CC4CC(C3)N4Cc3ccc(OC4CC4)cc3)nc2)n1.Cc1cc(Cc2cnn(C)c2)nc(-c2ccc(N3CC4CC(C3)N4Cc3ccc(-n4cc(F)cn4)nc3)nc2)n1. The molecule has 10 fully saturated rings. The van der Waals surface area contributed by atoms with Crippen molar-refractivity contribution in [1.29, 1.82) is 0 Å². The molecule has 13 aromatic rings. The van der Waals surface area contributed by atoms with Gasteiger partial charge in [-0.1, -0.05) is 31.2 Å². The van der Waals surface area contributed by atoms with Crippen LogP contribution in [0.5, 0.6) is 5.75 Å². The molecule has 1 saturated carbocycles.